The zero-order valence-electron chi connectivity index (χ0n) is 13.6. The molecule has 0 spiro atoms. The van der Waals surface area contributed by atoms with E-state index in [9.17, 15) is 9.59 Å². The first-order valence-corrected chi connectivity index (χ1v) is 8.10. The van der Waals surface area contributed by atoms with Gasteiger partial charge in [-0.05, 0) is 36.4 Å². The Hall–Kier alpha value is -3.38. The zero-order valence-corrected chi connectivity index (χ0v) is 14.3. The highest BCUT2D eigenvalue weighted by Crippen LogP contribution is 2.20. The molecule has 0 saturated heterocycles. The second-order valence-corrected chi connectivity index (χ2v) is 5.84. The zero-order chi connectivity index (χ0) is 18.5. The third kappa shape index (κ3) is 3.99. The third-order valence-corrected chi connectivity index (χ3v) is 3.82. The minimum atomic E-state index is -0.406. The molecular formula is C19H15ClN4O2. The summed E-state index contributed by atoms with van der Waals surface area (Å²) in [6.45, 7) is 0. The van der Waals surface area contributed by atoms with Crippen molar-refractivity contribution in [2.45, 2.75) is 0 Å². The molecule has 1 aromatic heterocycles. The highest BCUT2D eigenvalue weighted by Gasteiger charge is 2.15. The minimum absolute atomic E-state index is 0.298. The van der Waals surface area contributed by atoms with Crippen molar-refractivity contribution < 1.29 is 9.59 Å². The van der Waals surface area contributed by atoms with Gasteiger partial charge in [-0.2, -0.15) is 0 Å². The first-order chi connectivity index (χ1) is 12.5. The lowest BCUT2D eigenvalue weighted by Crippen LogP contribution is -2.19. The number of nitrogens with zero attached hydrogens (tertiary/aromatic N) is 1. The normalized spacial score (nSPS) is 10.2. The lowest BCUT2D eigenvalue weighted by atomic mass is 10.1. The van der Waals surface area contributed by atoms with Gasteiger partial charge in [0.15, 0.2) is 0 Å². The smallest absolute Gasteiger partial charge is 0.258 e. The lowest BCUT2D eigenvalue weighted by Gasteiger charge is -2.12. The van der Waals surface area contributed by atoms with E-state index in [0.717, 1.165) is 0 Å². The number of aromatic nitrogens is 1. The van der Waals surface area contributed by atoms with Gasteiger partial charge in [-0.1, -0.05) is 35.9 Å². The van der Waals surface area contributed by atoms with Gasteiger partial charge in [0.05, 0.1) is 21.8 Å². The second kappa shape index (κ2) is 7.67. The molecule has 0 aliphatic heterocycles. The molecule has 4 N–H and O–H groups in total. The van der Waals surface area contributed by atoms with E-state index in [1.807, 2.05) is 0 Å². The fourth-order valence-corrected chi connectivity index (χ4v) is 2.43. The Morgan fingerprint density at radius 2 is 1.50 bits per heavy atom. The fraction of sp³-hybridized carbons (Fsp3) is 0. The average molecular weight is 367 g/mol. The molecule has 0 fully saturated rings. The molecule has 6 nitrogen and oxygen atoms in total. The topological polar surface area (TPSA) is 97.1 Å². The largest absolute Gasteiger partial charge is 0.398 e. The van der Waals surface area contributed by atoms with Crippen molar-refractivity contribution in [1.82, 2.24) is 4.98 Å². The molecule has 0 bridgehead atoms. The van der Waals surface area contributed by atoms with Crippen molar-refractivity contribution in [2.24, 2.45) is 0 Å². The van der Waals surface area contributed by atoms with Gasteiger partial charge in [0.1, 0.15) is 5.82 Å². The predicted molar refractivity (Wildman–Crippen MR) is 102 cm³/mol. The van der Waals surface area contributed by atoms with Gasteiger partial charge in [-0.25, -0.2) is 4.98 Å². The number of anilines is 3. The van der Waals surface area contributed by atoms with E-state index in [2.05, 4.69) is 15.6 Å². The standard InChI is InChI=1S/C19H15ClN4O2/c20-12-9-10-17(22-11-12)24-19(26)14-6-2-4-8-16(14)23-18(25)13-5-1-3-7-15(13)21/h1-11H,21H2,(H,23,25)(H,22,24,26). The Bertz CT molecular complexity index is 958. The summed E-state index contributed by atoms with van der Waals surface area (Å²) in [6, 6.07) is 16.6. The molecule has 3 aromatic rings. The van der Waals surface area contributed by atoms with E-state index >= 15 is 0 Å². The number of halogens is 1. The molecule has 2 amide bonds. The third-order valence-electron chi connectivity index (χ3n) is 3.59. The number of benzene rings is 2. The first-order valence-electron chi connectivity index (χ1n) is 7.72. The van der Waals surface area contributed by atoms with Gasteiger partial charge in [-0.3, -0.25) is 9.59 Å². The van der Waals surface area contributed by atoms with Crippen LogP contribution < -0.4 is 16.4 Å². The van der Waals surface area contributed by atoms with Gasteiger partial charge < -0.3 is 16.4 Å². The van der Waals surface area contributed by atoms with Crippen molar-refractivity contribution in [3.63, 3.8) is 0 Å². The summed E-state index contributed by atoms with van der Waals surface area (Å²) in [4.78, 5) is 29.0. The molecule has 2 aromatic carbocycles. The number of pyridine rings is 1. The minimum Gasteiger partial charge on any atom is -0.398 e. The van der Waals surface area contributed by atoms with E-state index in [1.54, 1.807) is 60.7 Å². The van der Waals surface area contributed by atoms with Crippen molar-refractivity contribution in [3.05, 3.63) is 83.0 Å². The van der Waals surface area contributed by atoms with Crippen molar-refractivity contribution in [1.29, 1.82) is 0 Å². The number of hydrogen-bond acceptors (Lipinski definition) is 4. The van der Waals surface area contributed by atoms with Gasteiger partial charge in [0.25, 0.3) is 11.8 Å². The molecule has 0 aliphatic carbocycles. The van der Waals surface area contributed by atoms with Crippen LogP contribution in [0.1, 0.15) is 20.7 Å². The maximum Gasteiger partial charge on any atom is 0.258 e. The van der Waals surface area contributed by atoms with Crippen LogP contribution in [0.25, 0.3) is 0 Å². The molecule has 130 valence electrons. The van der Waals surface area contributed by atoms with E-state index in [0.29, 0.717) is 33.3 Å². The van der Waals surface area contributed by atoms with Crippen LogP contribution in [0.3, 0.4) is 0 Å². The number of hydrogen-bond donors (Lipinski definition) is 3. The summed E-state index contributed by atoms with van der Waals surface area (Å²) in [6.07, 6.45) is 1.43. The Kier molecular flexibility index (Phi) is 5.15. The van der Waals surface area contributed by atoms with E-state index in [4.69, 9.17) is 17.3 Å². The Balaban J connectivity index is 1.81. The molecule has 0 atom stereocenters. The maximum absolute atomic E-state index is 12.5. The number of amides is 2. The Morgan fingerprint density at radius 3 is 2.19 bits per heavy atom. The summed E-state index contributed by atoms with van der Waals surface area (Å²) in [5.41, 5.74) is 7.19. The highest BCUT2D eigenvalue weighted by molar-refractivity contribution is 6.30. The van der Waals surface area contributed by atoms with Gasteiger partial charge in [-0.15, -0.1) is 0 Å². The van der Waals surface area contributed by atoms with Crippen LogP contribution in [-0.2, 0) is 0 Å². The fourth-order valence-electron chi connectivity index (χ4n) is 2.32. The maximum atomic E-state index is 12.5. The summed E-state index contributed by atoms with van der Waals surface area (Å²) in [5, 5.41) is 5.86. The molecule has 0 aliphatic rings. The van der Waals surface area contributed by atoms with Crippen LogP contribution in [0.15, 0.2) is 66.9 Å². The van der Waals surface area contributed by atoms with Crippen LogP contribution in [0.5, 0.6) is 0 Å². The number of rotatable bonds is 4. The summed E-state index contributed by atoms with van der Waals surface area (Å²) >= 11 is 5.79. The molecule has 0 radical (unpaired) electrons. The Labute approximate surface area is 155 Å². The lowest BCUT2D eigenvalue weighted by molar-refractivity contribution is 0.102. The van der Waals surface area contributed by atoms with Gasteiger partial charge >= 0.3 is 0 Å². The van der Waals surface area contributed by atoms with Crippen molar-refractivity contribution in [3.8, 4) is 0 Å². The van der Waals surface area contributed by atoms with Crippen molar-refractivity contribution in [2.75, 3.05) is 16.4 Å². The van der Waals surface area contributed by atoms with Crippen LogP contribution in [-0.4, -0.2) is 16.8 Å². The van der Waals surface area contributed by atoms with Crippen LogP contribution >= 0.6 is 11.6 Å². The number of nitrogens with two attached hydrogens (primary N) is 1. The van der Waals surface area contributed by atoms with E-state index in [-0.39, 0.29) is 0 Å². The first kappa shape index (κ1) is 17.4. The highest BCUT2D eigenvalue weighted by atomic mass is 35.5. The number of carbonyl (C=O) groups excluding carboxylic acids is 2. The molecular weight excluding hydrogens is 352 g/mol. The van der Waals surface area contributed by atoms with Crippen LogP contribution in [0.2, 0.25) is 5.02 Å². The number of nitrogen functional groups attached to an aromatic ring is 1. The summed E-state index contributed by atoms with van der Waals surface area (Å²) in [5.74, 6) is -0.447. The molecule has 3 rings (SSSR count). The Morgan fingerprint density at radius 1 is 0.846 bits per heavy atom. The molecule has 0 unspecified atom stereocenters. The second-order valence-electron chi connectivity index (χ2n) is 5.40. The van der Waals surface area contributed by atoms with E-state index in [1.165, 1.54) is 6.20 Å². The predicted octanol–water partition coefficient (Wildman–Crippen LogP) is 3.82. The number of nitrogens with one attached hydrogen (secondary N) is 2. The molecule has 1 heterocycles. The van der Waals surface area contributed by atoms with Crippen molar-refractivity contribution >= 4 is 40.6 Å². The van der Waals surface area contributed by atoms with Gasteiger partial charge in [0, 0.05) is 11.9 Å². The molecule has 0 saturated carbocycles. The average Bonchev–Trinajstić information content (AvgIpc) is 2.64. The monoisotopic (exact) mass is 366 g/mol. The number of carbonyl (C=O) groups is 2. The van der Waals surface area contributed by atoms with Gasteiger partial charge in [0.2, 0.25) is 0 Å². The molecule has 26 heavy (non-hydrogen) atoms. The quantitative estimate of drug-likeness (QED) is 0.611. The number of para-hydroxylation sites is 2. The summed E-state index contributed by atoms with van der Waals surface area (Å²) in [7, 11) is 0. The van der Waals surface area contributed by atoms with Crippen LogP contribution in [0.4, 0.5) is 17.2 Å². The summed E-state index contributed by atoms with van der Waals surface area (Å²) < 4.78 is 0. The van der Waals surface area contributed by atoms with Crippen LogP contribution in [0, 0.1) is 0 Å². The SMILES string of the molecule is Nc1ccccc1C(=O)Nc1ccccc1C(=O)Nc1ccc(Cl)cn1. The molecule has 7 heteroatoms. The van der Waals surface area contributed by atoms with E-state index < -0.39 is 11.8 Å².